The summed E-state index contributed by atoms with van der Waals surface area (Å²) in [6.07, 6.45) is 1.74. The van der Waals surface area contributed by atoms with Gasteiger partial charge in [0.25, 0.3) is 5.91 Å². The van der Waals surface area contributed by atoms with Gasteiger partial charge in [-0.2, -0.15) is 0 Å². The highest BCUT2D eigenvalue weighted by molar-refractivity contribution is 8.27. The Morgan fingerprint density at radius 1 is 1.00 bits per heavy atom. The summed E-state index contributed by atoms with van der Waals surface area (Å²) in [6, 6.07) is 18.0. The molecule has 3 aromatic carbocycles. The number of methoxy groups -OCH3 is 1. The number of rotatable bonds is 6. The highest BCUT2D eigenvalue weighted by Gasteiger charge is 2.33. The van der Waals surface area contributed by atoms with Crippen LogP contribution in [0.3, 0.4) is 0 Å². The molecule has 168 valence electrons. The molecule has 0 saturated carbocycles. The molecular weight excluding hydrogens is 521 g/mol. The fourth-order valence-corrected chi connectivity index (χ4v) is 5.06. The third kappa shape index (κ3) is 5.31. The van der Waals surface area contributed by atoms with Crippen molar-refractivity contribution in [3.8, 4) is 11.5 Å². The Hall–Kier alpha value is -2.22. The topological polar surface area (TPSA) is 38.8 Å². The number of benzene rings is 3. The predicted molar refractivity (Wildman–Crippen MR) is 141 cm³/mol. The lowest BCUT2D eigenvalue weighted by Gasteiger charge is -2.14. The number of anilines is 1. The summed E-state index contributed by atoms with van der Waals surface area (Å²) in [6.45, 7) is 0.224. The van der Waals surface area contributed by atoms with E-state index in [2.05, 4.69) is 0 Å². The number of ether oxygens (including phenoxy) is 2. The van der Waals surface area contributed by atoms with E-state index in [4.69, 9.17) is 56.5 Å². The first kappa shape index (κ1) is 23.9. The zero-order chi connectivity index (χ0) is 23.5. The number of carbonyl (C=O) groups excluding carboxylic acids is 1. The van der Waals surface area contributed by atoms with E-state index < -0.39 is 0 Å². The molecule has 1 aliphatic heterocycles. The molecule has 1 fully saturated rings. The molecule has 0 atom stereocenters. The summed E-state index contributed by atoms with van der Waals surface area (Å²) in [7, 11) is 1.52. The highest BCUT2D eigenvalue weighted by Crippen LogP contribution is 2.40. The number of para-hydroxylation sites is 1. The van der Waals surface area contributed by atoms with Gasteiger partial charge in [-0.05, 0) is 53.6 Å². The first-order valence-corrected chi connectivity index (χ1v) is 12.0. The van der Waals surface area contributed by atoms with Gasteiger partial charge in [-0.25, -0.2) is 0 Å². The molecular formula is C24H16Cl3NO3S2. The van der Waals surface area contributed by atoms with Crippen LogP contribution >= 0.6 is 58.8 Å². The predicted octanol–water partition coefficient (Wildman–Crippen LogP) is 7.64. The average molecular weight is 537 g/mol. The van der Waals surface area contributed by atoms with Crippen LogP contribution < -0.4 is 14.4 Å². The summed E-state index contributed by atoms with van der Waals surface area (Å²) < 4.78 is 11.9. The largest absolute Gasteiger partial charge is 0.493 e. The van der Waals surface area contributed by atoms with E-state index in [1.165, 1.54) is 23.8 Å². The summed E-state index contributed by atoms with van der Waals surface area (Å²) in [5.74, 6) is 0.637. The molecule has 0 unspecified atom stereocenters. The van der Waals surface area contributed by atoms with Crippen molar-refractivity contribution in [1.29, 1.82) is 0 Å². The van der Waals surface area contributed by atoms with E-state index >= 15 is 0 Å². The van der Waals surface area contributed by atoms with Crippen LogP contribution in [0.25, 0.3) is 6.08 Å². The van der Waals surface area contributed by atoms with Gasteiger partial charge in [-0.15, -0.1) is 0 Å². The van der Waals surface area contributed by atoms with Crippen molar-refractivity contribution in [2.24, 2.45) is 0 Å². The Bertz CT molecular complexity index is 1270. The Morgan fingerprint density at radius 3 is 2.45 bits per heavy atom. The Balaban J connectivity index is 1.57. The van der Waals surface area contributed by atoms with Crippen LogP contribution in [0.15, 0.2) is 65.6 Å². The van der Waals surface area contributed by atoms with Gasteiger partial charge in [0.2, 0.25) is 0 Å². The monoisotopic (exact) mass is 535 g/mol. The van der Waals surface area contributed by atoms with Crippen molar-refractivity contribution >= 4 is 80.8 Å². The standard InChI is InChI=1S/C24H16Cl3NO3S2/c1-30-20-11-15(10-19(27)22(20)31-13-14-7-8-17(25)18(26)9-14)12-21-23(29)28(24(32)33-21)16-5-3-2-4-6-16/h2-12H,13H2,1H3/b21-12+. The van der Waals surface area contributed by atoms with Crippen molar-refractivity contribution in [1.82, 2.24) is 0 Å². The fourth-order valence-electron chi connectivity index (χ4n) is 3.17. The second-order valence-electron chi connectivity index (χ2n) is 6.92. The molecule has 3 aromatic rings. The lowest BCUT2D eigenvalue weighted by molar-refractivity contribution is -0.113. The van der Waals surface area contributed by atoms with E-state index in [0.29, 0.717) is 41.4 Å². The fraction of sp³-hybridized carbons (Fsp3) is 0.0833. The van der Waals surface area contributed by atoms with Gasteiger partial charge in [0.15, 0.2) is 15.8 Å². The van der Waals surface area contributed by atoms with Crippen LogP contribution in [0.2, 0.25) is 15.1 Å². The van der Waals surface area contributed by atoms with Gasteiger partial charge in [-0.3, -0.25) is 9.69 Å². The third-order valence-electron chi connectivity index (χ3n) is 4.72. The van der Waals surface area contributed by atoms with Gasteiger partial charge in [0.05, 0.1) is 32.8 Å². The Kier molecular flexibility index (Phi) is 7.51. The normalized spacial score (nSPS) is 14.8. The van der Waals surface area contributed by atoms with Crippen molar-refractivity contribution in [2.45, 2.75) is 6.61 Å². The number of thioether (sulfide) groups is 1. The molecule has 0 N–H and O–H groups in total. The van der Waals surface area contributed by atoms with Crippen molar-refractivity contribution in [3.05, 3.63) is 91.8 Å². The molecule has 0 spiro atoms. The average Bonchev–Trinajstić information content (AvgIpc) is 3.08. The number of nitrogens with zero attached hydrogens (tertiary/aromatic N) is 1. The van der Waals surface area contributed by atoms with Crippen LogP contribution in [-0.2, 0) is 11.4 Å². The van der Waals surface area contributed by atoms with Gasteiger partial charge >= 0.3 is 0 Å². The minimum absolute atomic E-state index is 0.189. The van der Waals surface area contributed by atoms with Crippen molar-refractivity contribution in [3.63, 3.8) is 0 Å². The SMILES string of the molecule is COc1cc(/C=C2/SC(=S)N(c3ccccc3)C2=O)cc(Cl)c1OCc1ccc(Cl)c(Cl)c1. The second-order valence-corrected chi connectivity index (χ2v) is 9.82. The van der Waals surface area contributed by atoms with E-state index in [-0.39, 0.29) is 12.5 Å². The molecule has 0 aromatic heterocycles. The smallest absolute Gasteiger partial charge is 0.270 e. The maximum atomic E-state index is 13.0. The molecule has 4 rings (SSSR count). The third-order valence-corrected chi connectivity index (χ3v) is 7.05. The summed E-state index contributed by atoms with van der Waals surface area (Å²) in [5.41, 5.74) is 2.24. The lowest BCUT2D eigenvalue weighted by Crippen LogP contribution is -2.27. The van der Waals surface area contributed by atoms with Crippen LogP contribution in [-0.4, -0.2) is 17.3 Å². The summed E-state index contributed by atoms with van der Waals surface area (Å²) in [4.78, 5) is 15.0. The summed E-state index contributed by atoms with van der Waals surface area (Å²) >= 11 is 25.2. The number of hydrogen-bond donors (Lipinski definition) is 0. The van der Waals surface area contributed by atoms with E-state index in [0.717, 1.165) is 11.3 Å². The van der Waals surface area contributed by atoms with Crippen LogP contribution in [0, 0.1) is 0 Å². The molecule has 1 amide bonds. The van der Waals surface area contributed by atoms with Gasteiger partial charge in [-0.1, -0.05) is 83.0 Å². The number of thiocarbonyl (C=S) groups is 1. The first-order chi connectivity index (χ1) is 15.9. The van der Waals surface area contributed by atoms with Gasteiger partial charge in [0, 0.05) is 0 Å². The molecule has 1 heterocycles. The molecule has 33 heavy (non-hydrogen) atoms. The van der Waals surface area contributed by atoms with E-state index in [9.17, 15) is 4.79 Å². The number of amides is 1. The second kappa shape index (κ2) is 10.4. The first-order valence-electron chi connectivity index (χ1n) is 9.64. The molecule has 0 aliphatic carbocycles. The molecule has 0 radical (unpaired) electrons. The van der Waals surface area contributed by atoms with Crippen molar-refractivity contribution in [2.75, 3.05) is 12.0 Å². The summed E-state index contributed by atoms with van der Waals surface area (Å²) in [5, 5.41) is 1.26. The molecule has 0 bridgehead atoms. The van der Waals surface area contributed by atoms with Gasteiger partial charge in [0.1, 0.15) is 6.61 Å². The van der Waals surface area contributed by atoms with Crippen LogP contribution in [0.5, 0.6) is 11.5 Å². The maximum Gasteiger partial charge on any atom is 0.270 e. The number of hydrogen-bond acceptors (Lipinski definition) is 5. The molecule has 9 heteroatoms. The molecule has 1 aliphatic rings. The van der Waals surface area contributed by atoms with Gasteiger partial charge < -0.3 is 9.47 Å². The lowest BCUT2D eigenvalue weighted by atomic mass is 10.1. The maximum absolute atomic E-state index is 13.0. The number of carbonyl (C=O) groups is 1. The van der Waals surface area contributed by atoms with E-state index in [1.54, 1.807) is 30.3 Å². The zero-order valence-electron chi connectivity index (χ0n) is 17.2. The Labute approximate surface area is 216 Å². The highest BCUT2D eigenvalue weighted by atomic mass is 35.5. The number of halogens is 3. The van der Waals surface area contributed by atoms with E-state index in [1.807, 2.05) is 36.4 Å². The minimum Gasteiger partial charge on any atom is -0.493 e. The molecule has 1 saturated heterocycles. The quantitative estimate of drug-likeness (QED) is 0.239. The van der Waals surface area contributed by atoms with Crippen LogP contribution in [0.4, 0.5) is 5.69 Å². The minimum atomic E-state index is -0.189. The Morgan fingerprint density at radius 2 is 1.76 bits per heavy atom. The van der Waals surface area contributed by atoms with Crippen LogP contribution in [0.1, 0.15) is 11.1 Å². The molecule has 4 nitrogen and oxygen atoms in total. The van der Waals surface area contributed by atoms with Crippen molar-refractivity contribution < 1.29 is 14.3 Å². The zero-order valence-corrected chi connectivity index (χ0v) is 21.1.